The predicted molar refractivity (Wildman–Crippen MR) is 102 cm³/mol. The molecule has 6 heteroatoms. The third kappa shape index (κ3) is 6.24. The lowest BCUT2D eigenvalue weighted by atomic mass is 9.99. The number of hydrogen-bond acceptors (Lipinski definition) is 4. The number of benzene rings is 1. The van der Waals surface area contributed by atoms with E-state index in [0.717, 1.165) is 50.1 Å². The number of para-hydroxylation sites is 1. The predicted octanol–water partition coefficient (Wildman–Crippen LogP) is 2.53. The first-order valence-corrected chi connectivity index (χ1v) is 9.60. The maximum Gasteiger partial charge on any atom is 0.191 e. The molecule has 1 fully saturated rings. The summed E-state index contributed by atoms with van der Waals surface area (Å²) in [5, 5.41) is 6.78. The molecule has 0 radical (unpaired) electrons. The number of guanidine groups is 1. The Hall–Kier alpha value is -1.40. The van der Waals surface area contributed by atoms with Crippen molar-refractivity contribution in [1.29, 1.82) is 0 Å². The van der Waals surface area contributed by atoms with Gasteiger partial charge in [0.05, 0.1) is 6.54 Å². The number of rotatable bonds is 8. The number of hydrogen-bond donors (Lipinski definition) is 2. The normalized spacial score (nSPS) is 17.3. The van der Waals surface area contributed by atoms with E-state index in [4.69, 9.17) is 9.47 Å². The van der Waals surface area contributed by atoms with Gasteiger partial charge in [0.25, 0.3) is 0 Å². The van der Waals surface area contributed by atoms with Gasteiger partial charge in [-0.3, -0.25) is 4.99 Å². The zero-order valence-corrected chi connectivity index (χ0v) is 15.5. The second-order valence-corrected chi connectivity index (χ2v) is 7.47. The average Bonchev–Trinajstić information content (AvgIpc) is 2.63. The Morgan fingerprint density at radius 2 is 2.00 bits per heavy atom. The van der Waals surface area contributed by atoms with Gasteiger partial charge in [0.1, 0.15) is 12.4 Å². The van der Waals surface area contributed by atoms with Crippen molar-refractivity contribution in [3.63, 3.8) is 0 Å². The van der Waals surface area contributed by atoms with E-state index in [9.17, 15) is 0 Å². The van der Waals surface area contributed by atoms with Crippen LogP contribution in [0.25, 0.3) is 0 Å². The van der Waals surface area contributed by atoms with Crippen molar-refractivity contribution in [2.24, 2.45) is 4.99 Å². The molecule has 1 aromatic rings. The van der Waals surface area contributed by atoms with Gasteiger partial charge in [-0.25, -0.2) is 0 Å². The number of nitrogens with one attached hydrogen (secondary N) is 2. The second kappa shape index (κ2) is 10.5. The van der Waals surface area contributed by atoms with Crippen LogP contribution in [0.15, 0.2) is 35.3 Å². The molecule has 0 amide bonds. The lowest BCUT2D eigenvalue weighted by molar-refractivity contribution is 0.0782. The van der Waals surface area contributed by atoms with Crippen molar-refractivity contribution in [2.45, 2.75) is 24.5 Å². The molecule has 0 atom stereocenters. The minimum Gasteiger partial charge on any atom is -0.492 e. The van der Waals surface area contributed by atoms with Gasteiger partial charge in [-0.15, -0.1) is 0 Å². The molecule has 1 aromatic carbocycles. The standard InChI is InChI=1S/C18H29N3O2S/c1-3-24-18(9-12-22-13-10-18)15-21-17(19-2)20-11-14-23-16-7-5-4-6-8-16/h4-8H,3,9-15H2,1-2H3,(H2,19,20,21). The van der Waals surface area contributed by atoms with Gasteiger partial charge in [0.15, 0.2) is 5.96 Å². The number of nitrogens with zero attached hydrogens (tertiary/aromatic N) is 1. The fourth-order valence-corrected chi connectivity index (χ4v) is 3.98. The monoisotopic (exact) mass is 351 g/mol. The highest BCUT2D eigenvalue weighted by Crippen LogP contribution is 2.34. The molecular formula is C18H29N3O2S. The van der Waals surface area contributed by atoms with E-state index in [1.54, 1.807) is 7.05 Å². The van der Waals surface area contributed by atoms with Crippen molar-refractivity contribution in [3.05, 3.63) is 30.3 Å². The molecule has 0 aliphatic carbocycles. The highest BCUT2D eigenvalue weighted by molar-refractivity contribution is 8.00. The molecule has 1 aliphatic rings. The summed E-state index contributed by atoms with van der Waals surface area (Å²) >= 11 is 2.03. The van der Waals surface area contributed by atoms with Crippen LogP contribution in [-0.2, 0) is 4.74 Å². The summed E-state index contributed by atoms with van der Waals surface area (Å²) in [5.41, 5.74) is 0. The van der Waals surface area contributed by atoms with Crippen LogP contribution in [0.2, 0.25) is 0 Å². The molecule has 2 rings (SSSR count). The maximum absolute atomic E-state index is 5.69. The van der Waals surface area contributed by atoms with Crippen molar-refractivity contribution in [1.82, 2.24) is 10.6 Å². The molecule has 1 saturated heterocycles. The molecule has 0 saturated carbocycles. The molecule has 2 N–H and O–H groups in total. The van der Waals surface area contributed by atoms with Crippen LogP contribution in [0.1, 0.15) is 19.8 Å². The zero-order valence-electron chi connectivity index (χ0n) is 14.7. The lowest BCUT2D eigenvalue weighted by Crippen LogP contribution is -2.48. The van der Waals surface area contributed by atoms with Crippen LogP contribution >= 0.6 is 11.8 Å². The van der Waals surface area contributed by atoms with E-state index in [1.807, 2.05) is 42.1 Å². The highest BCUT2D eigenvalue weighted by Gasteiger charge is 2.32. The third-order valence-corrected chi connectivity index (χ3v) is 5.52. The van der Waals surface area contributed by atoms with Crippen molar-refractivity contribution >= 4 is 17.7 Å². The Bertz CT molecular complexity index is 485. The SMILES string of the molecule is CCSC1(CNC(=NC)NCCOc2ccccc2)CCOCC1. The fourth-order valence-electron chi connectivity index (χ4n) is 2.74. The molecular weight excluding hydrogens is 322 g/mol. The first-order chi connectivity index (χ1) is 11.8. The summed E-state index contributed by atoms with van der Waals surface area (Å²) < 4.78 is 11.5. The van der Waals surface area contributed by atoms with Gasteiger partial charge in [-0.05, 0) is 30.7 Å². The van der Waals surface area contributed by atoms with Crippen molar-refractivity contribution in [3.8, 4) is 5.75 Å². The average molecular weight is 352 g/mol. The lowest BCUT2D eigenvalue weighted by Gasteiger charge is -2.37. The van der Waals surface area contributed by atoms with E-state index in [-0.39, 0.29) is 4.75 Å². The first-order valence-electron chi connectivity index (χ1n) is 8.62. The summed E-state index contributed by atoms with van der Waals surface area (Å²) in [4.78, 5) is 4.31. The molecule has 0 aromatic heterocycles. The van der Waals surface area contributed by atoms with Gasteiger partial charge in [0, 0.05) is 31.6 Å². The Morgan fingerprint density at radius 1 is 1.25 bits per heavy atom. The Labute approximate surface area is 149 Å². The van der Waals surface area contributed by atoms with Crippen molar-refractivity contribution in [2.75, 3.05) is 45.7 Å². The largest absolute Gasteiger partial charge is 0.492 e. The number of thioether (sulfide) groups is 1. The quantitative estimate of drug-likeness (QED) is 0.428. The minimum atomic E-state index is 0.255. The first kappa shape index (κ1) is 18.9. The summed E-state index contributed by atoms with van der Waals surface area (Å²) in [6.45, 7) is 6.15. The van der Waals surface area contributed by atoms with Crippen LogP contribution in [-0.4, -0.2) is 56.4 Å². The van der Waals surface area contributed by atoms with Crippen LogP contribution in [0.4, 0.5) is 0 Å². The van der Waals surface area contributed by atoms with E-state index >= 15 is 0 Å². The summed E-state index contributed by atoms with van der Waals surface area (Å²) in [7, 11) is 1.80. The smallest absolute Gasteiger partial charge is 0.191 e. The zero-order chi connectivity index (χ0) is 17.1. The molecule has 1 heterocycles. The topological polar surface area (TPSA) is 54.9 Å². The van der Waals surface area contributed by atoms with E-state index in [0.29, 0.717) is 13.2 Å². The summed E-state index contributed by atoms with van der Waals surface area (Å²) in [5.74, 6) is 2.84. The summed E-state index contributed by atoms with van der Waals surface area (Å²) in [6.07, 6.45) is 2.18. The van der Waals surface area contributed by atoms with Crippen LogP contribution in [0.3, 0.4) is 0 Å². The molecule has 134 valence electrons. The van der Waals surface area contributed by atoms with E-state index < -0.39 is 0 Å². The molecule has 24 heavy (non-hydrogen) atoms. The number of ether oxygens (including phenoxy) is 2. The Kier molecular flexibility index (Phi) is 8.25. The van der Waals surface area contributed by atoms with Crippen LogP contribution < -0.4 is 15.4 Å². The van der Waals surface area contributed by atoms with Gasteiger partial charge >= 0.3 is 0 Å². The Morgan fingerprint density at radius 3 is 2.67 bits per heavy atom. The molecule has 0 bridgehead atoms. The van der Waals surface area contributed by atoms with Crippen LogP contribution in [0, 0.1) is 0 Å². The summed E-state index contributed by atoms with van der Waals surface area (Å²) in [6, 6.07) is 9.86. The van der Waals surface area contributed by atoms with Gasteiger partial charge in [0.2, 0.25) is 0 Å². The molecule has 0 unspecified atom stereocenters. The van der Waals surface area contributed by atoms with Gasteiger partial charge < -0.3 is 20.1 Å². The maximum atomic E-state index is 5.69. The third-order valence-electron chi connectivity index (χ3n) is 4.06. The fraction of sp³-hybridized carbons (Fsp3) is 0.611. The minimum absolute atomic E-state index is 0.255. The molecule has 1 aliphatic heterocycles. The molecule has 5 nitrogen and oxygen atoms in total. The van der Waals surface area contributed by atoms with E-state index in [2.05, 4.69) is 22.5 Å². The Balaban J connectivity index is 1.71. The second-order valence-electron chi connectivity index (χ2n) is 5.74. The van der Waals surface area contributed by atoms with Gasteiger partial charge in [-0.2, -0.15) is 11.8 Å². The van der Waals surface area contributed by atoms with Crippen LogP contribution in [0.5, 0.6) is 5.75 Å². The molecule has 0 spiro atoms. The highest BCUT2D eigenvalue weighted by atomic mass is 32.2. The van der Waals surface area contributed by atoms with Crippen molar-refractivity contribution < 1.29 is 9.47 Å². The van der Waals surface area contributed by atoms with Gasteiger partial charge in [-0.1, -0.05) is 25.1 Å². The number of aliphatic imine (C=N–C) groups is 1. The van der Waals surface area contributed by atoms with E-state index in [1.165, 1.54) is 0 Å².